The molecule has 0 fully saturated rings. The van der Waals surface area contributed by atoms with Crippen LogP contribution in [0.2, 0.25) is 0 Å². The van der Waals surface area contributed by atoms with Crippen LogP contribution in [0.25, 0.3) is 0 Å². The van der Waals surface area contributed by atoms with Crippen LogP contribution < -0.4 is 5.32 Å². The van der Waals surface area contributed by atoms with Gasteiger partial charge in [-0.1, -0.05) is 0 Å². The predicted octanol–water partition coefficient (Wildman–Crippen LogP) is 0.971. The van der Waals surface area contributed by atoms with Crippen molar-refractivity contribution in [1.29, 1.82) is 0 Å². The minimum atomic E-state index is -3.38. The minimum absolute atomic E-state index is 0.0817. The van der Waals surface area contributed by atoms with E-state index < -0.39 is 15.6 Å². The van der Waals surface area contributed by atoms with E-state index in [0.717, 1.165) is 4.31 Å². The average Bonchev–Trinajstić information content (AvgIpc) is 2.70. The molecule has 0 radical (unpaired) electrons. The molecule has 1 N–H and O–H groups in total. The van der Waals surface area contributed by atoms with Crippen LogP contribution in [0, 0.1) is 0 Å². The van der Waals surface area contributed by atoms with Crippen molar-refractivity contribution in [2.24, 2.45) is 4.99 Å². The zero-order valence-electron chi connectivity index (χ0n) is 10.1. The standard InChI is InChI=1S/C9H13BrN4O2S2/c1-9(7-12-6(10)4-17-7)5-18(15,16)14(3)8(11-2)13-9/h4H,5H2,1-3H3,(H,11,13)/t9-/m0/s1. The largest absolute Gasteiger partial charge is 0.358 e. The van der Waals surface area contributed by atoms with Crippen LogP contribution in [0.4, 0.5) is 0 Å². The molecule has 0 amide bonds. The quantitative estimate of drug-likeness (QED) is 0.817. The van der Waals surface area contributed by atoms with E-state index in [4.69, 9.17) is 0 Å². The molecule has 0 unspecified atom stereocenters. The van der Waals surface area contributed by atoms with Gasteiger partial charge in [0, 0.05) is 19.5 Å². The summed E-state index contributed by atoms with van der Waals surface area (Å²) in [6, 6.07) is 0. The highest BCUT2D eigenvalue weighted by atomic mass is 79.9. The normalized spacial score (nSPS) is 26.9. The molecule has 0 aliphatic carbocycles. The van der Waals surface area contributed by atoms with E-state index in [1.807, 2.05) is 5.38 Å². The second kappa shape index (κ2) is 4.46. The third kappa shape index (κ3) is 2.26. The Labute approximate surface area is 118 Å². The molecule has 1 atom stereocenters. The van der Waals surface area contributed by atoms with E-state index in [2.05, 4.69) is 31.2 Å². The van der Waals surface area contributed by atoms with Crippen molar-refractivity contribution in [2.45, 2.75) is 12.5 Å². The van der Waals surface area contributed by atoms with E-state index in [1.54, 1.807) is 14.0 Å². The first-order chi connectivity index (χ1) is 8.28. The third-order valence-electron chi connectivity index (χ3n) is 2.69. The molecule has 1 aromatic heterocycles. The first kappa shape index (κ1) is 13.8. The summed E-state index contributed by atoms with van der Waals surface area (Å²) in [5.41, 5.74) is -0.847. The number of hydrogen-bond donors (Lipinski definition) is 1. The van der Waals surface area contributed by atoms with Crippen LogP contribution in [-0.4, -0.2) is 43.5 Å². The summed E-state index contributed by atoms with van der Waals surface area (Å²) in [4.78, 5) is 8.75. The summed E-state index contributed by atoms with van der Waals surface area (Å²) >= 11 is 4.66. The molecule has 0 spiro atoms. The molecule has 100 valence electrons. The average molecular weight is 353 g/mol. The number of aromatic nitrogens is 1. The monoisotopic (exact) mass is 352 g/mol. The van der Waals surface area contributed by atoms with E-state index in [-0.39, 0.29) is 5.75 Å². The van der Waals surface area contributed by atoms with Crippen LogP contribution in [0.1, 0.15) is 11.9 Å². The molecule has 2 heterocycles. The van der Waals surface area contributed by atoms with Gasteiger partial charge in [0.2, 0.25) is 16.0 Å². The van der Waals surface area contributed by atoms with Gasteiger partial charge in [0.15, 0.2) is 0 Å². The Bertz CT molecular complexity index is 597. The van der Waals surface area contributed by atoms with Gasteiger partial charge < -0.3 is 5.32 Å². The Hall–Kier alpha value is -0.670. The summed E-state index contributed by atoms with van der Waals surface area (Å²) in [7, 11) is -0.243. The van der Waals surface area contributed by atoms with Gasteiger partial charge >= 0.3 is 0 Å². The van der Waals surface area contributed by atoms with Gasteiger partial charge in [0.1, 0.15) is 20.9 Å². The fourth-order valence-corrected chi connectivity index (χ4v) is 4.70. The summed E-state index contributed by atoms with van der Waals surface area (Å²) in [5, 5.41) is 5.30. The SMILES string of the molecule is CNC1=N[C@](C)(c2nc(Br)cs2)CS(=O)(=O)N1C. The number of thiazole rings is 1. The second-order valence-corrected chi connectivity index (χ2v) is 7.83. The number of nitrogens with zero attached hydrogens (tertiary/aromatic N) is 3. The predicted molar refractivity (Wildman–Crippen MR) is 75.2 cm³/mol. The topological polar surface area (TPSA) is 74.7 Å². The van der Waals surface area contributed by atoms with E-state index in [0.29, 0.717) is 15.6 Å². The van der Waals surface area contributed by atoms with E-state index in [1.165, 1.54) is 18.4 Å². The molecular weight excluding hydrogens is 340 g/mol. The Kier molecular flexibility index (Phi) is 3.41. The van der Waals surface area contributed by atoms with Crippen LogP contribution in [0.15, 0.2) is 15.0 Å². The molecule has 2 rings (SSSR count). The van der Waals surface area contributed by atoms with Crippen molar-refractivity contribution >= 4 is 43.2 Å². The molecule has 0 saturated carbocycles. The number of hydrogen-bond acceptors (Lipinski definition) is 6. The molecule has 0 bridgehead atoms. The van der Waals surface area contributed by atoms with Crippen molar-refractivity contribution in [2.75, 3.05) is 19.8 Å². The van der Waals surface area contributed by atoms with E-state index in [9.17, 15) is 8.42 Å². The molecule has 1 aliphatic rings. The molecule has 18 heavy (non-hydrogen) atoms. The number of sulfonamides is 1. The third-order valence-corrected chi connectivity index (χ3v) is 6.43. The zero-order chi connectivity index (χ0) is 13.6. The first-order valence-electron chi connectivity index (χ1n) is 5.14. The fourth-order valence-electron chi connectivity index (χ4n) is 1.74. The highest BCUT2D eigenvalue weighted by molar-refractivity contribution is 9.10. The molecule has 6 nitrogen and oxygen atoms in total. The highest BCUT2D eigenvalue weighted by Gasteiger charge is 2.42. The molecule has 1 aromatic rings. The Balaban J connectivity index is 2.54. The number of nitrogens with one attached hydrogen (secondary N) is 1. The van der Waals surface area contributed by atoms with Gasteiger partial charge in [-0.05, 0) is 22.9 Å². The second-order valence-electron chi connectivity index (χ2n) is 4.16. The van der Waals surface area contributed by atoms with Crippen LogP contribution in [0.3, 0.4) is 0 Å². The molecular formula is C9H13BrN4O2S2. The number of rotatable bonds is 1. The fraction of sp³-hybridized carbons (Fsp3) is 0.556. The van der Waals surface area contributed by atoms with Crippen LogP contribution in [-0.2, 0) is 15.6 Å². The van der Waals surface area contributed by atoms with Crippen molar-refractivity contribution in [1.82, 2.24) is 14.6 Å². The van der Waals surface area contributed by atoms with Crippen molar-refractivity contribution < 1.29 is 8.42 Å². The zero-order valence-corrected chi connectivity index (χ0v) is 13.4. The highest BCUT2D eigenvalue weighted by Crippen LogP contribution is 2.34. The van der Waals surface area contributed by atoms with Crippen molar-refractivity contribution in [3.63, 3.8) is 0 Å². The Morgan fingerprint density at radius 2 is 2.28 bits per heavy atom. The summed E-state index contributed by atoms with van der Waals surface area (Å²) < 4.78 is 26.1. The van der Waals surface area contributed by atoms with E-state index >= 15 is 0 Å². The number of aliphatic imine (C=N–C) groups is 1. The number of guanidine groups is 1. The summed E-state index contributed by atoms with van der Waals surface area (Å²) in [6.45, 7) is 1.78. The van der Waals surface area contributed by atoms with Gasteiger partial charge in [0.05, 0.1) is 0 Å². The maximum Gasteiger partial charge on any atom is 0.240 e. The lowest BCUT2D eigenvalue weighted by Gasteiger charge is -2.34. The van der Waals surface area contributed by atoms with Crippen LogP contribution in [0.5, 0.6) is 0 Å². The lowest BCUT2D eigenvalue weighted by atomic mass is 10.1. The van der Waals surface area contributed by atoms with Crippen molar-refractivity contribution in [3.8, 4) is 0 Å². The first-order valence-corrected chi connectivity index (χ1v) is 8.42. The van der Waals surface area contributed by atoms with Gasteiger partial charge in [-0.15, -0.1) is 11.3 Å². The van der Waals surface area contributed by atoms with Crippen LogP contribution >= 0.6 is 27.3 Å². The molecule has 0 saturated heterocycles. The van der Waals surface area contributed by atoms with Gasteiger partial charge in [0.25, 0.3) is 0 Å². The maximum absolute atomic E-state index is 12.1. The lowest BCUT2D eigenvalue weighted by molar-refractivity contribution is 0.470. The summed E-state index contributed by atoms with van der Waals surface area (Å²) in [6.07, 6.45) is 0. The van der Waals surface area contributed by atoms with Gasteiger partial charge in [-0.2, -0.15) is 0 Å². The minimum Gasteiger partial charge on any atom is -0.358 e. The van der Waals surface area contributed by atoms with Gasteiger partial charge in [-0.25, -0.2) is 22.7 Å². The lowest BCUT2D eigenvalue weighted by Crippen LogP contribution is -2.51. The Morgan fingerprint density at radius 1 is 1.61 bits per heavy atom. The smallest absolute Gasteiger partial charge is 0.240 e. The molecule has 1 aliphatic heterocycles. The molecule has 0 aromatic carbocycles. The maximum atomic E-state index is 12.1. The number of halogens is 1. The molecule has 9 heteroatoms. The Morgan fingerprint density at radius 3 is 2.78 bits per heavy atom. The van der Waals surface area contributed by atoms with Crippen molar-refractivity contribution in [3.05, 3.63) is 15.0 Å². The van der Waals surface area contributed by atoms with Gasteiger partial charge in [-0.3, -0.25) is 0 Å². The summed E-state index contributed by atoms with van der Waals surface area (Å²) in [5.74, 6) is 0.247.